The summed E-state index contributed by atoms with van der Waals surface area (Å²) in [5, 5.41) is 14.8. The maximum absolute atomic E-state index is 12.2. The van der Waals surface area contributed by atoms with Crippen molar-refractivity contribution < 1.29 is 19.2 Å². The average Bonchev–Trinajstić information content (AvgIpc) is 2.90. The lowest BCUT2D eigenvalue weighted by Crippen LogP contribution is -2.45. The van der Waals surface area contributed by atoms with Crippen LogP contribution in [0.4, 0.5) is 22.7 Å². The molecule has 1 saturated heterocycles. The Hall–Kier alpha value is -3.95. The van der Waals surface area contributed by atoms with Gasteiger partial charge in [0.1, 0.15) is 12.3 Å². The summed E-state index contributed by atoms with van der Waals surface area (Å²) in [5.74, 6) is -0.630. The fraction of sp³-hybridized carbons (Fsp3) is 0.296. The highest BCUT2D eigenvalue weighted by Crippen LogP contribution is 2.31. The molecule has 9 heteroatoms. The highest BCUT2D eigenvalue weighted by Gasteiger charge is 2.20. The molecular weight excluding hydrogens is 460 g/mol. The highest BCUT2D eigenvalue weighted by molar-refractivity contribution is 5.91. The minimum Gasteiger partial charge on any atom is -0.460 e. The van der Waals surface area contributed by atoms with Crippen LogP contribution in [-0.2, 0) is 16.0 Å². The average molecular weight is 491 g/mol. The lowest BCUT2D eigenvalue weighted by Gasteiger charge is -2.36. The monoisotopic (exact) mass is 490 g/mol. The van der Waals surface area contributed by atoms with Gasteiger partial charge in [-0.15, -0.1) is 0 Å². The molecule has 1 heterocycles. The van der Waals surface area contributed by atoms with Crippen molar-refractivity contribution in [3.8, 4) is 0 Å². The molecule has 0 bridgehead atoms. The van der Waals surface area contributed by atoms with Crippen LogP contribution in [0.1, 0.15) is 15.9 Å². The molecule has 1 aliphatic heterocycles. The van der Waals surface area contributed by atoms with Gasteiger partial charge in [-0.1, -0.05) is 36.4 Å². The number of anilines is 3. The molecule has 1 N–H and O–H groups in total. The second-order valence-corrected chi connectivity index (χ2v) is 8.54. The third-order valence-corrected chi connectivity index (χ3v) is 6.06. The molecule has 3 aromatic carbocycles. The highest BCUT2D eigenvalue weighted by atomic mass is 16.6. The SMILES string of the molecule is COCCOC(=O)c1ccc(Nc2cccc(N3CCN(Cc4ccccc4)CC3)c2)c([N+](=O)[O-])c1. The molecule has 36 heavy (non-hydrogen) atoms. The Labute approximate surface area is 210 Å². The summed E-state index contributed by atoms with van der Waals surface area (Å²) in [7, 11) is 1.50. The predicted molar refractivity (Wildman–Crippen MR) is 139 cm³/mol. The van der Waals surface area contributed by atoms with Crippen LogP contribution < -0.4 is 10.2 Å². The van der Waals surface area contributed by atoms with Crippen molar-refractivity contribution >= 4 is 28.7 Å². The van der Waals surface area contributed by atoms with E-state index in [0.717, 1.165) is 44.1 Å². The van der Waals surface area contributed by atoms with E-state index in [1.54, 1.807) is 0 Å². The number of nitro benzene ring substituents is 1. The zero-order valence-electron chi connectivity index (χ0n) is 20.3. The number of carbonyl (C=O) groups excluding carboxylic acids is 1. The van der Waals surface area contributed by atoms with Crippen molar-refractivity contribution in [2.24, 2.45) is 0 Å². The molecule has 1 fully saturated rings. The number of hydrogen-bond donors (Lipinski definition) is 1. The number of esters is 1. The molecule has 0 aliphatic carbocycles. The Morgan fingerprint density at radius 3 is 2.47 bits per heavy atom. The van der Waals surface area contributed by atoms with E-state index in [9.17, 15) is 14.9 Å². The van der Waals surface area contributed by atoms with E-state index >= 15 is 0 Å². The van der Waals surface area contributed by atoms with Gasteiger partial charge in [-0.3, -0.25) is 15.0 Å². The van der Waals surface area contributed by atoms with Crippen LogP contribution in [0.15, 0.2) is 72.8 Å². The lowest BCUT2D eigenvalue weighted by molar-refractivity contribution is -0.383. The van der Waals surface area contributed by atoms with Crippen molar-refractivity contribution in [2.75, 3.05) is 56.7 Å². The summed E-state index contributed by atoms with van der Waals surface area (Å²) < 4.78 is 9.93. The largest absolute Gasteiger partial charge is 0.460 e. The third-order valence-electron chi connectivity index (χ3n) is 6.06. The number of nitro groups is 1. The van der Waals surface area contributed by atoms with Crippen LogP contribution in [0.3, 0.4) is 0 Å². The Balaban J connectivity index is 1.41. The van der Waals surface area contributed by atoms with Crippen molar-refractivity contribution in [1.29, 1.82) is 0 Å². The molecular formula is C27H30N4O5. The van der Waals surface area contributed by atoms with Crippen molar-refractivity contribution in [1.82, 2.24) is 4.90 Å². The zero-order chi connectivity index (χ0) is 25.3. The number of piperazine rings is 1. The molecule has 9 nitrogen and oxygen atoms in total. The topological polar surface area (TPSA) is 97.2 Å². The Kier molecular flexibility index (Phi) is 8.48. The first-order chi connectivity index (χ1) is 17.5. The molecule has 188 valence electrons. The van der Waals surface area contributed by atoms with Crippen molar-refractivity contribution in [3.05, 3.63) is 94.0 Å². The summed E-state index contributed by atoms with van der Waals surface area (Å²) in [6, 6.07) is 22.6. The minimum absolute atomic E-state index is 0.0798. The second-order valence-electron chi connectivity index (χ2n) is 8.54. The first-order valence-corrected chi connectivity index (χ1v) is 11.9. The number of rotatable bonds is 10. The summed E-state index contributed by atoms with van der Waals surface area (Å²) in [6.07, 6.45) is 0. The van der Waals surface area contributed by atoms with Gasteiger partial charge in [0.2, 0.25) is 0 Å². The lowest BCUT2D eigenvalue weighted by atomic mass is 10.1. The van der Waals surface area contributed by atoms with Crippen LogP contribution >= 0.6 is 0 Å². The molecule has 0 aromatic heterocycles. The van der Waals surface area contributed by atoms with E-state index in [1.807, 2.05) is 30.3 Å². The number of benzene rings is 3. The molecule has 0 radical (unpaired) electrons. The maximum atomic E-state index is 12.2. The zero-order valence-corrected chi connectivity index (χ0v) is 20.3. The predicted octanol–water partition coefficient (Wildman–Crippen LogP) is 4.46. The van der Waals surface area contributed by atoms with Crippen molar-refractivity contribution in [2.45, 2.75) is 6.54 Å². The summed E-state index contributed by atoms with van der Waals surface area (Å²) in [5.41, 5.74) is 3.32. The molecule has 0 atom stereocenters. The van der Waals surface area contributed by atoms with Gasteiger partial charge in [-0.05, 0) is 35.9 Å². The molecule has 0 spiro atoms. The van der Waals surface area contributed by atoms with E-state index < -0.39 is 10.9 Å². The number of ether oxygens (including phenoxy) is 2. The van der Waals surface area contributed by atoms with Gasteiger partial charge in [-0.25, -0.2) is 4.79 Å². The summed E-state index contributed by atoms with van der Waals surface area (Å²) in [4.78, 5) is 28.1. The van der Waals surface area contributed by atoms with Crippen LogP contribution in [-0.4, -0.2) is 62.3 Å². The first kappa shape index (κ1) is 25.2. The molecule has 1 aliphatic rings. The molecule has 0 amide bonds. The van der Waals surface area contributed by atoms with E-state index in [0.29, 0.717) is 5.69 Å². The normalized spacial score (nSPS) is 13.9. The molecule has 4 rings (SSSR count). The number of hydrogen-bond acceptors (Lipinski definition) is 8. The Morgan fingerprint density at radius 2 is 1.75 bits per heavy atom. The minimum atomic E-state index is -0.630. The fourth-order valence-electron chi connectivity index (χ4n) is 4.16. The number of nitrogens with one attached hydrogen (secondary N) is 1. The van der Waals surface area contributed by atoms with Gasteiger partial charge in [0.15, 0.2) is 0 Å². The van der Waals surface area contributed by atoms with Crippen LogP contribution in [0, 0.1) is 10.1 Å². The fourth-order valence-corrected chi connectivity index (χ4v) is 4.16. The molecule has 3 aromatic rings. The standard InChI is InChI=1S/C27H30N4O5/c1-35-16-17-36-27(32)22-10-11-25(26(18-22)31(33)34)28-23-8-5-9-24(19-23)30-14-12-29(13-15-30)20-21-6-3-2-4-7-21/h2-11,18-19,28H,12-17,20H2,1H3. The summed E-state index contributed by atoms with van der Waals surface area (Å²) in [6.45, 7) is 4.99. The van der Waals surface area contributed by atoms with Gasteiger partial charge in [-0.2, -0.15) is 0 Å². The quantitative estimate of drug-likeness (QED) is 0.193. The number of nitrogens with zero attached hydrogens (tertiary/aromatic N) is 3. The summed E-state index contributed by atoms with van der Waals surface area (Å²) >= 11 is 0. The molecule has 0 unspecified atom stereocenters. The van der Waals surface area contributed by atoms with Crippen LogP contribution in [0.5, 0.6) is 0 Å². The van der Waals surface area contributed by atoms with E-state index in [4.69, 9.17) is 9.47 Å². The Morgan fingerprint density at radius 1 is 0.972 bits per heavy atom. The van der Waals surface area contributed by atoms with Gasteiger partial charge in [0.25, 0.3) is 5.69 Å². The van der Waals surface area contributed by atoms with E-state index in [2.05, 4.69) is 39.4 Å². The smallest absolute Gasteiger partial charge is 0.338 e. The Bertz CT molecular complexity index is 1180. The van der Waals surface area contributed by atoms with E-state index in [1.165, 1.54) is 30.9 Å². The van der Waals surface area contributed by atoms with Crippen LogP contribution in [0.25, 0.3) is 0 Å². The second kappa shape index (κ2) is 12.1. The maximum Gasteiger partial charge on any atom is 0.338 e. The van der Waals surface area contributed by atoms with Gasteiger partial charge in [0, 0.05) is 57.3 Å². The molecule has 0 saturated carbocycles. The third kappa shape index (κ3) is 6.59. The number of carbonyl (C=O) groups is 1. The van der Waals surface area contributed by atoms with Crippen LogP contribution in [0.2, 0.25) is 0 Å². The van der Waals surface area contributed by atoms with Gasteiger partial charge >= 0.3 is 5.97 Å². The van der Waals surface area contributed by atoms with E-state index in [-0.39, 0.29) is 24.5 Å². The van der Waals surface area contributed by atoms with Gasteiger partial charge in [0.05, 0.1) is 17.1 Å². The number of methoxy groups -OCH3 is 1. The van der Waals surface area contributed by atoms with Crippen molar-refractivity contribution in [3.63, 3.8) is 0 Å². The first-order valence-electron chi connectivity index (χ1n) is 11.9. The van der Waals surface area contributed by atoms with Gasteiger partial charge < -0.3 is 19.7 Å².